The van der Waals surface area contributed by atoms with Gasteiger partial charge in [-0.25, -0.2) is 0 Å². The van der Waals surface area contributed by atoms with Crippen molar-refractivity contribution in [3.05, 3.63) is 65.1 Å². The number of nitrogens with zero attached hydrogens (tertiary/aromatic N) is 2. The van der Waals surface area contributed by atoms with Crippen LogP contribution in [-0.4, -0.2) is 45.8 Å². The van der Waals surface area contributed by atoms with Crippen LogP contribution >= 0.6 is 0 Å². The van der Waals surface area contributed by atoms with Crippen LogP contribution in [0.3, 0.4) is 0 Å². The first-order valence-corrected chi connectivity index (χ1v) is 9.12. The number of H-pyrrole nitrogens is 1. The minimum absolute atomic E-state index is 0.0561. The normalized spacial score (nSPS) is 16.7. The Bertz CT molecular complexity index is 1010. The van der Waals surface area contributed by atoms with Crippen LogP contribution in [0, 0.1) is 13.8 Å². The second kappa shape index (κ2) is 6.87. The van der Waals surface area contributed by atoms with E-state index in [-0.39, 0.29) is 17.9 Å². The summed E-state index contributed by atoms with van der Waals surface area (Å²) in [5.41, 5.74) is 4.26. The Morgan fingerprint density at radius 1 is 1.22 bits per heavy atom. The van der Waals surface area contributed by atoms with E-state index >= 15 is 0 Å². The lowest BCUT2D eigenvalue weighted by Gasteiger charge is -2.16. The van der Waals surface area contributed by atoms with Crippen LogP contribution in [-0.2, 0) is 0 Å². The SMILES string of the molecule is Cc1cc(C)c2cc(C(=O)N[C@H]3CCN(C(=O)c4ccccn4)C3)[nH]c2c1. The highest BCUT2D eigenvalue weighted by Gasteiger charge is 2.29. The van der Waals surface area contributed by atoms with Gasteiger partial charge in [-0.3, -0.25) is 14.6 Å². The fourth-order valence-electron chi connectivity index (χ4n) is 3.70. The highest BCUT2D eigenvalue weighted by atomic mass is 16.2. The molecule has 1 saturated heterocycles. The number of aromatic nitrogens is 2. The molecule has 6 heteroatoms. The minimum Gasteiger partial charge on any atom is -0.351 e. The number of amides is 2. The lowest BCUT2D eigenvalue weighted by atomic mass is 10.1. The number of hydrogen-bond donors (Lipinski definition) is 2. The third kappa shape index (κ3) is 3.43. The second-order valence-electron chi connectivity index (χ2n) is 7.15. The number of carbonyl (C=O) groups is 2. The molecular formula is C21H22N4O2. The summed E-state index contributed by atoms with van der Waals surface area (Å²) < 4.78 is 0. The lowest BCUT2D eigenvalue weighted by Crippen LogP contribution is -2.38. The monoisotopic (exact) mass is 362 g/mol. The summed E-state index contributed by atoms with van der Waals surface area (Å²) >= 11 is 0. The Morgan fingerprint density at radius 3 is 2.85 bits per heavy atom. The van der Waals surface area contributed by atoms with E-state index in [4.69, 9.17) is 0 Å². The Balaban J connectivity index is 1.43. The van der Waals surface area contributed by atoms with E-state index in [9.17, 15) is 9.59 Å². The van der Waals surface area contributed by atoms with Crippen molar-refractivity contribution in [3.63, 3.8) is 0 Å². The summed E-state index contributed by atoms with van der Waals surface area (Å²) in [5.74, 6) is -0.232. The predicted octanol–water partition coefficient (Wildman–Crippen LogP) is 2.82. The fraction of sp³-hybridized carbons (Fsp3) is 0.286. The number of nitrogens with one attached hydrogen (secondary N) is 2. The quantitative estimate of drug-likeness (QED) is 0.752. The molecule has 0 bridgehead atoms. The van der Waals surface area contributed by atoms with Gasteiger partial charge in [-0.2, -0.15) is 0 Å². The molecule has 27 heavy (non-hydrogen) atoms. The number of aromatic amines is 1. The maximum Gasteiger partial charge on any atom is 0.272 e. The minimum atomic E-state index is -0.139. The first-order valence-electron chi connectivity index (χ1n) is 9.12. The van der Waals surface area contributed by atoms with Gasteiger partial charge < -0.3 is 15.2 Å². The third-order valence-electron chi connectivity index (χ3n) is 5.03. The lowest BCUT2D eigenvalue weighted by molar-refractivity contribution is 0.0777. The van der Waals surface area contributed by atoms with Gasteiger partial charge in [0.05, 0.1) is 0 Å². The molecule has 2 amide bonds. The van der Waals surface area contributed by atoms with Gasteiger partial charge in [0.2, 0.25) is 0 Å². The number of fused-ring (bicyclic) bond motifs is 1. The molecule has 0 unspecified atom stereocenters. The van der Waals surface area contributed by atoms with Gasteiger partial charge in [0.15, 0.2) is 0 Å². The summed E-state index contributed by atoms with van der Waals surface area (Å²) in [6.07, 6.45) is 2.35. The third-order valence-corrected chi connectivity index (χ3v) is 5.03. The van der Waals surface area contributed by atoms with Crippen LogP contribution in [0.5, 0.6) is 0 Å². The van der Waals surface area contributed by atoms with Crippen LogP contribution in [0.1, 0.15) is 38.5 Å². The first kappa shape index (κ1) is 17.3. The van der Waals surface area contributed by atoms with Gasteiger partial charge in [-0.05, 0) is 55.7 Å². The molecule has 0 radical (unpaired) electrons. The zero-order chi connectivity index (χ0) is 19.0. The van der Waals surface area contributed by atoms with E-state index in [1.54, 1.807) is 29.3 Å². The summed E-state index contributed by atoms with van der Waals surface area (Å²) in [6, 6.07) is 11.3. The van der Waals surface area contributed by atoms with E-state index in [1.807, 2.05) is 26.0 Å². The average Bonchev–Trinajstić information content (AvgIpc) is 3.29. The second-order valence-corrected chi connectivity index (χ2v) is 7.15. The molecule has 0 spiro atoms. The van der Waals surface area contributed by atoms with Gasteiger partial charge >= 0.3 is 0 Å². The topological polar surface area (TPSA) is 78.1 Å². The maximum atomic E-state index is 12.7. The van der Waals surface area contributed by atoms with E-state index in [2.05, 4.69) is 21.4 Å². The van der Waals surface area contributed by atoms with Crippen molar-refractivity contribution in [2.75, 3.05) is 13.1 Å². The number of pyridine rings is 1. The molecule has 6 nitrogen and oxygen atoms in total. The molecule has 1 fully saturated rings. The maximum absolute atomic E-state index is 12.7. The zero-order valence-electron chi connectivity index (χ0n) is 15.5. The molecule has 4 rings (SSSR count). The summed E-state index contributed by atoms with van der Waals surface area (Å²) in [7, 11) is 0. The van der Waals surface area contributed by atoms with E-state index < -0.39 is 0 Å². The van der Waals surface area contributed by atoms with Gasteiger partial charge in [0.1, 0.15) is 11.4 Å². The standard InChI is InChI=1S/C21H22N4O2/c1-13-9-14(2)16-11-19(24-18(16)10-13)20(26)23-15-6-8-25(12-15)21(27)17-5-3-4-7-22-17/h3-5,7,9-11,15,24H,6,8,12H2,1-2H3,(H,23,26)/t15-/m0/s1. The molecule has 1 atom stereocenters. The molecule has 3 aromatic rings. The van der Waals surface area contributed by atoms with E-state index in [1.165, 1.54) is 0 Å². The molecule has 1 aliphatic heterocycles. The van der Waals surface area contributed by atoms with Crippen LogP contribution in [0.2, 0.25) is 0 Å². The van der Waals surface area contributed by atoms with Crippen molar-refractivity contribution in [2.45, 2.75) is 26.3 Å². The number of hydrogen-bond acceptors (Lipinski definition) is 3. The Kier molecular flexibility index (Phi) is 4.39. The van der Waals surface area contributed by atoms with Gasteiger partial charge in [0.25, 0.3) is 11.8 Å². The van der Waals surface area contributed by atoms with Crippen LogP contribution in [0.4, 0.5) is 0 Å². The van der Waals surface area contributed by atoms with Crippen LogP contribution in [0.25, 0.3) is 10.9 Å². The molecule has 138 valence electrons. The largest absolute Gasteiger partial charge is 0.351 e. The van der Waals surface area contributed by atoms with E-state index in [0.717, 1.165) is 28.5 Å². The number of rotatable bonds is 3. The van der Waals surface area contributed by atoms with Crippen LogP contribution in [0.15, 0.2) is 42.6 Å². The fourth-order valence-corrected chi connectivity index (χ4v) is 3.70. The molecule has 0 saturated carbocycles. The molecule has 2 N–H and O–H groups in total. The molecule has 2 aromatic heterocycles. The van der Waals surface area contributed by atoms with Gasteiger partial charge in [-0.15, -0.1) is 0 Å². The number of benzene rings is 1. The Hall–Kier alpha value is -3.15. The van der Waals surface area contributed by atoms with Crippen LogP contribution < -0.4 is 5.32 Å². The molecule has 1 aliphatic rings. The highest BCUT2D eigenvalue weighted by molar-refractivity contribution is 5.99. The molecule has 3 heterocycles. The highest BCUT2D eigenvalue weighted by Crippen LogP contribution is 2.22. The molecule has 0 aliphatic carbocycles. The predicted molar refractivity (Wildman–Crippen MR) is 104 cm³/mol. The Labute approximate surface area is 157 Å². The summed E-state index contributed by atoms with van der Waals surface area (Å²) in [5, 5.41) is 4.10. The summed E-state index contributed by atoms with van der Waals surface area (Å²) in [6.45, 7) is 5.20. The first-order chi connectivity index (χ1) is 13.0. The number of likely N-dealkylation sites (tertiary alicyclic amines) is 1. The van der Waals surface area contributed by atoms with Crippen molar-refractivity contribution in [2.24, 2.45) is 0 Å². The van der Waals surface area contributed by atoms with E-state index in [0.29, 0.717) is 24.5 Å². The summed E-state index contributed by atoms with van der Waals surface area (Å²) in [4.78, 5) is 34.2. The van der Waals surface area contributed by atoms with Crippen molar-refractivity contribution in [1.82, 2.24) is 20.2 Å². The van der Waals surface area contributed by atoms with Gasteiger partial charge in [-0.1, -0.05) is 12.1 Å². The smallest absolute Gasteiger partial charge is 0.272 e. The zero-order valence-corrected chi connectivity index (χ0v) is 15.5. The number of aryl methyl sites for hydroxylation is 2. The van der Waals surface area contributed by atoms with Crippen molar-refractivity contribution < 1.29 is 9.59 Å². The molecular weight excluding hydrogens is 340 g/mol. The van der Waals surface area contributed by atoms with Crippen molar-refractivity contribution >= 4 is 22.7 Å². The molecule has 1 aromatic carbocycles. The van der Waals surface area contributed by atoms with Gasteiger partial charge in [0, 0.05) is 36.2 Å². The Morgan fingerprint density at radius 2 is 2.07 bits per heavy atom. The number of carbonyl (C=O) groups excluding carboxylic acids is 2. The average molecular weight is 362 g/mol. The van der Waals surface area contributed by atoms with Crippen molar-refractivity contribution in [3.8, 4) is 0 Å². The van der Waals surface area contributed by atoms with Crippen molar-refractivity contribution in [1.29, 1.82) is 0 Å².